The van der Waals surface area contributed by atoms with Crippen LogP contribution in [0.5, 0.6) is 0 Å². The van der Waals surface area contributed by atoms with E-state index < -0.39 is 9.84 Å². The molecule has 7 heteroatoms. The van der Waals surface area contributed by atoms with Crippen LogP contribution in [-0.4, -0.2) is 43.4 Å². The summed E-state index contributed by atoms with van der Waals surface area (Å²) in [6.07, 6.45) is 4.02. The largest absolute Gasteiger partial charge is 0.385 e. The van der Waals surface area contributed by atoms with Gasteiger partial charge in [-0.1, -0.05) is 30.3 Å². The van der Waals surface area contributed by atoms with Crippen LogP contribution in [0.15, 0.2) is 48.7 Å². The highest BCUT2D eigenvalue weighted by Gasteiger charge is 2.29. The number of sulfone groups is 1. The summed E-state index contributed by atoms with van der Waals surface area (Å²) < 4.78 is 23.0. The number of carbonyl (C=O) groups excluding carboxylic acids is 1. The summed E-state index contributed by atoms with van der Waals surface area (Å²) in [6, 6.07) is 13.5. The first-order chi connectivity index (χ1) is 12.5. The third-order valence-electron chi connectivity index (χ3n) is 4.37. The molecule has 0 bridgehead atoms. The molecule has 1 aliphatic rings. The Bertz CT molecular complexity index is 853. The smallest absolute Gasteiger partial charge is 0.270 e. The summed E-state index contributed by atoms with van der Waals surface area (Å²) in [4.78, 5) is 16.4. The van der Waals surface area contributed by atoms with Crippen molar-refractivity contribution in [2.75, 3.05) is 23.4 Å². The number of amides is 1. The molecule has 2 aromatic rings. The number of hydrogen-bond donors (Lipinski definition) is 2. The topological polar surface area (TPSA) is 88.2 Å². The van der Waals surface area contributed by atoms with E-state index in [1.165, 1.54) is 5.56 Å². The predicted molar refractivity (Wildman–Crippen MR) is 102 cm³/mol. The van der Waals surface area contributed by atoms with E-state index in [1.807, 2.05) is 24.3 Å². The van der Waals surface area contributed by atoms with E-state index in [4.69, 9.17) is 0 Å². The lowest BCUT2D eigenvalue weighted by molar-refractivity contribution is 0.0936. The molecule has 1 aromatic carbocycles. The van der Waals surface area contributed by atoms with E-state index in [9.17, 15) is 13.2 Å². The molecule has 0 spiro atoms. The van der Waals surface area contributed by atoms with E-state index in [2.05, 4.69) is 27.8 Å². The van der Waals surface area contributed by atoms with Crippen molar-refractivity contribution in [2.45, 2.75) is 25.3 Å². The lowest BCUT2D eigenvalue weighted by Gasteiger charge is -2.11. The zero-order valence-corrected chi connectivity index (χ0v) is 15.3. The van der Waals surface area contributed by atoms with Crippen LogP contribution < -0.4 is 10.6 Å². The standard InChI is InChI=1S/C19H23N3O3S/c23-19(22-17-9-12-26(24,25)14-17)18-13-16(8-11-21-18)20-10-4-7-15-5-2-1-3-6-15/h1-3,5-6,8,11,13,17H,4,7,9-10,12,14H2,(H,20,21)(H,22,23). The monoisotopic (exact) mass is 373 g/mol. The average molecular weight is 373 g/mol. The zero-order chi connectivity index (χ0) is 18.4. The van der Waals surface area contributed by atoms with E-state index in [0.717, 1.165) is 25.1 Å². The van der Waals surface area contributed by atoms with Gasteiger partial charge in [0.1, 0.15) is 5.69 Å². The van der Waals surface area contributed by atoms with Crippen molar-refractivity contribution in [3.63, 3.8) is 0 Å². The Kier molecular flexibility index (Phi) is 5.88. The van der Waals surface area contributed by atoms with Gasteiger partial charge in [-0.15, -0.1) is 0 Å². The molecule has 1 amide bonds. The van der Waals surface area contributed by atoms with Gasteiger partial charge in [-0.2, -0.15) is 0 Å². The minimum atomic E-state index is -3.02. The highest BCUT2D eigenvalue weighted by molar-refractivity contribution is 7.91. The number of nitrogens with zero attached hydrogens (tertiary/aromatic N) is 1. The van der Waals surface area contributed by atoms with Gasteiger partial charge in [0, 0.05) is 24.5 Å². The molecule has 3 rings (SSSR count). The average Bonchev–Trinajstić information content (AvgIpc) is 2.98. The van der Waals surface area contributed by atoms with Gasteiger partial charge in [-0.05, 0) is 37.0 Å². The third-order valence-corrected chi connectivity index (χ3v) is 6.14. The van der Waals surface area contributed by atoms with Crippen molar-refractivity contribution in [1.82, 2.24) is 10.3 Å². The van der Waals surface area contributed by atoms with E-state index in [0.29, 0.717) is 12.1 Å². The fraction of sp³-hybridized carbons (Fsp3) is 0.368. The number of rotatable bonds is 7. The Morgan fingerprint density at radius 3 is 2.73 bits per heavy atom. The molecule has 1 atom stereocenters. The summed E-state index contributed by atoms with van der Waals surface area (Å²) >= 11 is 0. The van der Waals surface area contributed by atoms with Crippen molar-refractivity contribution in [2.24, 2.45) is 0 Å². The molecule has 138 valence electrons. The Morgan fingerprint density at radius 1 is 1.19 bits per heavy atom. The number of benzene rings is 1. The molecule has 0 saturated carbocycles. The molecule has 2 heterocycles. The molecule has 0 aliphatic carbocycles. The van der Waals surface area contributed by atoms with Gasteiger partial charge >= 0.3 is 0 Å². The van der Waals surface area contributed by atoms with Gasteiger partial charge in [-0.25, -0.2) is 8.42 Å². The molecule has 1 fully saturated rings. The minimum absolute atomic E-state index is 0.0101. The van der Waals surface area contributed by atoms with Gasteiger partial charge in [0.2, 0.25) is 0 Å². The highest BCUT2D eigenvalue weighted by Crippen LogP contribution is 2.13. The van der Waals surface area contributed by atoms with Crippen LogP contribution in [0, 0.1) is 0 Å². The van der Waals surface area contributed by atoms with Crippen molar-refractivity contribution in [3.8, 4) is 0 Å². The second-order valence-electron chi connectivity index (χ2n) is 6.52. The molecule has 1 aromatic heterocycles. The highest BCUT2D eigenvalue weighted by atomic mass is 32.2. The summed E-state index contributed by atoms with van der Waals surface area (Å²) in [7, 11) is -3.02. The first-order valence-corrected chi connectivity index (χ1v) is 10.6. The number of nitrogens with one attached hydrogen (secondary N) is 2. The SMILES string of the molecule is O=C(NC1CCS(=O)(=O)C1)c1cc(NCCCc2ccccc2)ccn1. The van der Waals surface area contributed by atoms with Crippen molar-refractivity contribution >= 4 is 21.4 Å². The normalized spacial score (nSPS) is 18.4. The van der Waals surface area contributed by atoms with Crippen LogP contribution in [0.1, 0.15) is 28.9 Å². The van der Waals surface area contributed by atoms with E-state index in [-0.39, 0.29) is 23.5 Å². The summed E-state index contributed by atoms with van der Waals surface area (Å²) in [5, 5.41) is 6.06. The van der Waals surface area contributed by atoms with Gasteiger partial charge in [-0.3, -0.25) is 9.78 Å². The molecular weight excluding hydrogens is 350 g/mol. The summed E-state index contributed by atoms with van der Waals surface area (Å²) in [5.74, 6) is -0.190. The quantitative estimate of drug-likeness (QED) is 0.725. The molecule has 1 saturated heterocycles. The van der Waals surface area contributed by atoms with Crippen molar-refractivity contribution < 1.29 is 13.2 Å². The number of pyridine rings is 1. The minimum Gasteiger partial charge on any atom is -0.385 e. The molecule has 0 radical (unpaired) electrons. The first kappa shape index (κ1) is 18.4. The second kappa shape index (κ2) is 8.31. The van der Waals surface area contributed by atoms with Crippen LogP contribution >= 0.6 is 0 Å². The van der Waals surface area contributed by atoms with Crippen LogP contribution in [0.4, 0.5) is 5.69 Å². The van der Waals surface area contributed by atoms with Gasteiger partial charge in [0.25, 0.3) is 5.91 Å². The zero-order valence-electron chi connectivity index (χ0n) is 14.5. The van der Waals surface area contributed by atoms with Crippen molar-refractivity contribution in [1.29, 1.82) is 0 Å². The van der Waals surface area contributed by atoms with E-state index >= 15 is 0 Å². The number of hydrogen-bond acceptors (Lipinski definition) is 5. The lowest BCUT2D eigenvalue weighted by Crippen LogP contribution is -2.36. The van der Waals surface area contributed by atoms with Crippen molar-refractivity contribution in [3.05, 3.63) is 59.9 Å². The fourth-order valence-electron chi connectivity index (χ4n) is 3.00. The van der Waals surface area contributed by atoms with Crippen LogP contribution in [0.2, 0.25) is 0 Å². The first-order valence-electron chi connectivity index (χ1n) is 8.77. The Morgan fingerprint density at radius 2 is 2.00 bits per heavy atom. The number of anilines is 1. The number of aromatic nitrogens is 1. The fourth-order valence-corrected chi connectivity index (χ4v) is 4.68. The van der Waals surface area contributed by atoms with Gasteiger partial charge in [0.05, 0.1) is 11.5 Å². The second-order valence-corrected chi connectivity index (χ2v) is 8.75. The maximum Gasteiger partial charge on any atom is 0.270 e. The summed E-state index contributed by atoms with van der Waals surface area (Å²) in [5.41, 5.74) is 2.43. The Hall–Kier alpha value is -2.41. The molecule has 6 nitrogen and oxygen atoms in total. The molecule has 1 unspecified atom stereocenters. The lowest BCUT2D eigenvalue weighted by atomic mass is 10.1. The molecule has 1 aliphatic heterocycles. The van der Waals surface area contributed by atoms with Crippen LogP contribution in [-0.2, 0) is 16.3 Å². The van der Waals surface area contributed by atoms with Crippen LogP contribution in [0.25, 0.3) is 0 Å². The van der Waals surface area contributed by atoms with E-state index in [1.54, 1.807) is 12.3 Å². The third kappa shape index (κ3) is 5.29. The molecular formula is C19H23N3O3S. The Labute approximate surface area is 154 Å². The Balaban J connectivity index is 1.49. The number of carbonyl (C=O) groups is 1. The maximum atomic E-state index is 12.3. The molecule has 26 heavy (non-hydrogen) atoms. The van der Waals surface area contributed by atoms with Crippen LogP contribution in [0.3, 0.4) is 0 Å². The maximum absolute atomic E-state index is 12.3. The number of aryl methyl sites for hydroxylation is 1. The van der Waals surface area contributed by atoms with Gasteiger partial charge in [0.15, 0.2) is 9.84 Å². The predicted octanol–water partition coefficient (Wildman–Crippen LogP) is 2.04. The molecule has 2 N–H and O–H groups in total. The van der Waals surface area contributed by atoms with Gasteiger partial charge < -0.3 is 10.6 Å². The summed E-state index contributed by atoms with van der Waals surface area (Å²) in [6.45, 7) is 0.792.